The first-order valence-corrected chi connectivity index (χ1v) is 16.2. The molecule has 7 nitrogen and oxygen atoms in total. The number of carbonyl (C=O) groups excluding carboxylic acids is 2. The van der Waals surface area contributed by atoms with Gasteiger partial charge in [-0.05, 0) is 56.7 Å². The van der Waals surface area contributed by atoms with Gasteiger partial charge >= 0.3 is 0 Å². The first kappa shape index (κ1) is 29.4. The summed E-state index contributed by atoms with van der Waals surface area (Å²) in [5, 5.41) is 10.0. The second-order valence-electron chi connectivity index (χ2n) is 11.5. The van der Waals surface area contributed by atoms with Crippen molar-refractivity contribution in [3.05, 3.63) is 71.5 Å². The molecule has 218 valence electrons. The van der Waals surface area contributed by atoms with Gasteiger partial charge in [0.05, 0.1) is 5.69 Å². The molecule has 0 bridgehead atoms. The van der Waals surface area contributed by atoms with Crippen LogP contribution < -0.4 is 0 Å². The normalized spacial score (nSPS) is 18.0. The Morgan fingerprint density at radius 2 is 1.68 bits per heavy atom. The number of carbonyl (C=O) groups is 2. The van der Waals surface area contributed by atoms with Crippen LogP contribution in [0.25, 0.3) is 5.69 Å². The SMILES string of the molecule is Cc1ccccc1-n1c(Cc2ccccc2)nnc1SCCCCC(=O)N1CCN(C(=O)C2CCCCC2)C(C)C1. The Balaban J connectivity index is 1.11. The van der Waals surface area contributed by atoms with Crippen LogP contribution in [0.4, 0.5) is 0 Å². The topological polar surface area (TPSA) is 71.3 Å². The monoisotopic (exact) mass is 573 g/mol. The number of nitrogens with zero attached hydrogens (tertiary/aromatic N) is 5. The number of amides is 2. The molecule has 2 aliphatic rings. The number of hydrogen-bond acceptors (Lipinski definition) is 5. The molecule has 0 radical (unpaired) electrons. The van der Waals surface area contributed by atoms with Gasteiger partial charge in [-0.1, -0.05) is 79.6 Å². The zero-order chi connectivity index (χ0) is 28.6. The third kappa shape index (κ3) is 7.39. The molecule has 2 aromatic carbocycles. The van der Waals surface area contributed by atoms with Crippen LogP contribution in [-0.2, 0) is 16.0 Å². The van der Waals surface area contributed by atoms with E-state index in [4.69, 9.17) is 0 Å². The maximum Gasteiger partial charge on any atom is 0.226 e. The second-order valence-corrected chi connectivity index (χ2v) is 12.6. The quantitative estimate of drug-likeness (QED) is 0.218. The van der Waals surface area contributed by atoms with Gasteiger partial charge in [-0.3, -0.25) is 14.2 Å². The van der Waals surface area contributed by atoms with Gasteiger partial charge in [0.25, 0.3) is 0 Å². The minimum absolute atomic E-state index is 0.0931. The van der Waals surface area contributed by atoms with Gasteiger partial charge in [0, 0.05) is 50.2 Å². The molecule has 1 unspecified atom stereocenters. The van der Waals surface area contributed by atoms with E-state index in [9.17, 15) is 9.59 Å². The summed E-state index contributed by atoms with van der Waals surface area (Å²) in [4.78, 5) is 30.0. The highest BCUT2D eigenvalue weighted by Crippen LogP contribution is 2.28. The van der Waals surface area contributed by atoms with Crippen molar-refractivity contribution in [1.29, 1.82) is 0 Å². The molecule has 3 aromatic rings. The van der Waals surface area contributed by atoms with Gasteiger partial charge in [0.2, 0.25) is 11.8 Å². The van der Waals surface area contributed by atoms with Gasteiger partial charge in [-0.15, -0.1) is 10.2 Å². The number of aromatic nitrogens is 3. The molecule has 2 fully saturated rings. The number of piperazine rings is 1. The van der Waals surface area contributed by atoms with Gasteiger partial charge < -0.3 is 9.80 Å². The van der Waals surface area contributed by atoms with Crippen LogP contribution in [0.3, 0.4) is 0 Å². The van der Waals surface area contributed by atoms with E-state index in [-0.39, 0.29) is 17.9 Å². The molecule has 1 saturated carbocycles. The van der Waals surface area contributed by atoms with Crippen molar-refractivity contribution in [1.82, 2.24) is 24.6 Å². The molecule has 5 rings (SSSR count). The second kappa shape index (κ2) is 14.2. The minimum Gasteiger partial charge on any atom is -0.339 e. The summed E-state index contributed by atoms with van der Waals surface area (Å²) in [6.45, 7) is 6.18. The maximum absolute atomic E-state index is 13.0. The Morgan fingerprint density at radius 3 is 2.44 bits per heavy atom. The highest BCUT2D eigenvalue weighted by molar-refractivity contribution is 7.99. The third-order valence-electron chi connectivity index (χ3n) is 8.50. The van der Waals surface area contributed by atoms with E-state index >= 15 is 0 Å². The summed E-state index contributed by atoms with van der Waals surface area (Å²) >= 11 is 1.71. The molecule has 1 atom stereocenters. The molecule has 41 heavy (non-hydrogen) atoms. The summed E-state index contributed by atoms with van der Waals surface area (Å²) in [5.74, 6) is 2.52. The Kier molecular flexibility index (Phi) is 10.1. The summed E-state index contributed by atoms with van der Waals surface area (Å²) in [5.41, 5.74) is 3.50. The van der Waals surface area contributed by atoms with Crippen molar-refractivity contribution in [3.8, 4) is 5.69 Å². The van der Waals surface area contributed by atoms with Gasteiger partial charge in [-0.2, -0.15) is 0 Å². The van der Waals surface area contributed by atoms with E-state index in [0.29, 0.717) is 32.0 Å². The van der Waals surface area contributed by atoms with Crippen LogP contribution in [0.5, 0.6) is 0 Å². The number of aryl methyl sites for hydroxylation is 1. The molecule has 0 spiro atoms. The van der Waals surface area contributed by atoms with Crippen LogP contribution in [0, 0.1) is 12.8 Å². The van der Waals surface area contributed by atoms with Gasteiger partial charge in [0.15, 0.2) is 5.16 Å². The van der Waals surface area contributed by atoms with E-state index in [0.717, 1.165) is 54.5 Å². The van der Waals surface area contributed by atoms with Crippen LogP contribution in [0.15, 0.2) is 59.8 Å². The van der Waals surface area contributed by atoms with E-state index in [2.05, 4.69) is 77.1 Å². The lowest BCUT2D eigenvalue weighted by atomic mass is 9.88. The predicted octanol–water partition coefficient (Wildman–Crippen LogP) is 6.07. The van der Waals surface area contributed by atoms with E-state index < -0.39 is 0 Å². The molecule has 1 saturated heterocycles. The maximum atomic E-state index is 13.0. The first-order valence-electron chi connectivity index (χ1n) is 15.3. The Hall–Kier alpha value is -3.13. The summed E-state index contributed by atoms with van der Waals surface area (Å²) < 4.78 is 2.19. The molecule has 2 heterocycles. The van der Waals surface area contributed by atoms with Gasteiger partial charge in [0.1, 0.15) is 5.82 Å². The Labute approximate surface area is 248 Å². The lowest BCUT2D eigenvalue weighted by Gasteiger charge is -2.41. The molecular formula is C33H43N5O2S. The van der Waals surface area contributed by atoms with Crippen molar-refractivity contribution < 1.29 is 9.59 Å². The third-order valence-corrected chi connectivity index (χ3v) is 9.51. The number of para-hydroxylation sites is 1. The Morgan fingerprint density at radius 1 is 0.927 bits per heavy atom. The van der Waals surface area contributed by atoms with Crippen LogP contribution in [-0.4, -0.2) is 67.8 Å². The van der Waals surface area contributed by atoms with Gasteiger partial charge in [-0.25, -0.2) is 0 Å². The number of benzene rings is 2. The Bertz CT molecular complexity index is 1300. The molecule has 0 N–H and O–H groups in total. The van der Waals surface area contributed by atoms with Crippen LogP contribution in [0.2, 0.25) is 0 Å². The predicted molar refractivity (Wildman–Crippen MR) is 164 cm³/mol. The average Bonchev–Trinajstić information content (AvgIpc) is 3.39. The van der Waals surface area contributed by atoms with Crippen LogP contribution >= 0.6 is 11.8 Å². The van der Waals surface area contributed by atoms with Crippen molar-refractivity contribution in [2.45, 2.75) is 82.8 Å². The summed E-state index contributed by atoms with van der Waals surface area (Å²) in [6.07, 6.45) is 8.68. The van der Waals surface area contributed by atoms with Crippen molar-refractivity contribution >= 4 is 23.6 Å². The zero-order valence-corrected chi connectivity index (χ0v) is 25.3. The highest BCUT2D eigenvalue weighted by Gasteiger charge is 2.33. The molecule has 1 aliphatic carbocycles. The van der Waals surface area contributed by atoms with Crippen molar-refractivity contribution in [2.75, 3.05) is 25.4 Å². The molecule has 2 amide bonds. The average molecular weight is 574 g/mol. The standard InChI is InChI=1S/C33H43N5O2S/c1-25-13-9-10-18-29(25)38-30(23-27-14-5-3-6-15-27)34-35-33(38)41-22-12-11-19-31(39)36-20-21-37(26(2)24-36)32(40)28-16-7-4-8-17-28/h3,5-6,9-10,13-15,18,26,28H,4,7-8,11-12,16-17,19-24H2,1-2H3. The molecule has 8 heteroatoms. The molecular weight excluding hydrogens is 530 g/mol. The van der Waals surface area contributed by atoms with Crippen molar-refractivity contribution in [2.24, 2.45) is 5.92 Å². The fourth-order valence-corrected chi connectivity index (χ4v) is 7.10. The molecule has 1 aromatic heterocycles. The van der Waals surface area contributed by atoms with E-state index in [1.165, 1.54) is 30.4 Å². The van der Waals surface area contributed by atoms with E-state index in [1.54, 1.807) is 11.8 Å². The number of thioether (sulfide) groups is 1. The van der Waals surface area contributed by atoms with E-state index in [1.807, 2.05) is 15.9 Å². The van der Waals surface area contributed by atoms with Crippen molar-refractivity contribution in [3.63, 3.8) is 0 Å². The fourth-order valence-electron chi connectivity index (χ4n) is 6.14. The first-order chi connectivity index (χ1) is 20.0. The lowest BCUT2D eigenvalue weighted by Crippen LogP contribution is -2.56. The highest BCUT2D eigenvalue weighted by atomic mass is 32.2. The number of unbranched alkanes of at least 4 members (excludes halogenated alkanes) is 1. The minimum atomic E-state index is 0.0931. The number of rotatable bonds is 10. The molecule has 1 aliphatic heterocycles. The summed E-state index contributed by atoms with van der Waals surface area (Å²) in [7, 11) is 0. The van der Waals surface area contributed by atoms with Crippen LogP contribution in [0.1, 0.15) is 75.2 Å². The zero-order valence-electron chi connectivity index (χ0n) is 24.5. The fraction of sp³-hybridized carbons (Fsp3) is 0.515. The number of hydrogen-bond donors (Lipinski definition) is 0. The smallest absolute Gasteiger partial charge is 0.226 e. The summed E-state index contributed by atoms with van der Waals surface area (Å²) in [6, 6.07) is 18.8. The largest absolute Gasteiger partial charge is 0.339 e. The lowest BCUT2D eigenvalue weighted by molar-refractivity contribution is -0.146.